The Balaban J connectivity index is -0.000000239. The molecule has 0 spiro atoms. The number of aliphatic hydroxyl groups is 4. The van der Waals surface area contributed by atoms with Crippen molar-refractivity contribution in [3.8, 4) is 0 Å². The van der Waals surface area contributed by atoms with Crippen molar-refractivity contribution in [3.05, 3.63) is 0 Å². The first-order valence-electron chi connectivity index (χ1n) is 6.60. The summed E-state index contributed by atoms with van der Waals surface area (Å²) in [6.07, 6.45) is 0. The zero-order valence-corrected chi connectivity index (χ0v) is 14.5. The molecule has 0 aliphatic rings. The molecule has 0 saturated heterocycles. The molecule has 0 aromatic rings. The standard InChI is InChI=1S/2C6H14O2.B2H4O3/c2*1-5(2,7)6(3,4)8;3-1-5-2-4/h2*7-8H,1-4H3;1-4H. The molecular formula is C12H32B2O7. The van der Waals surface area contributed by atoms with Crippen molar-refractivity contribution in [2.75, 3.05) is 0 Å². The summed E-state index contributed by atoms with van der Waals surface area (Å²) in [6, 6.07) is 0. The van der Waals surface area contributed by atoms with Gasteiger partial charge in [0.1, 0.15) is 0 Å². The van der Waals surface area contributed by atoms with E-state index in [1.807, 2.05) is 0 Å². The molecule has 0 amide bonds. The van der Waals surface area contributed by atoms with Gasteiger partial charge in [0.2, 0.25) is 0 Å². The van der Waals surface area contributed by atoms with Crippen molar-refractivity contribution in [2.45, 2.75) is 77.8 Å². The largest absolute Gasteiger partial charge is 0.457 e. The summed E-state index contributed by atoms with van der Waals surface area (Å²) in [5, 5.41) is 51.8. The molecule has 21 heavy (non-hydrogen) atoms. The minimum atomic E-state index is -1.01. The van der Waals surface area contributed by atoms with Crippen molar-refractivity contribution in [2.24, 2.45) is 0 Å². The van der Waals surface area contributed by atoms with Gasteiger partial charge in [-0.15, -0.1) is 0 Å². The minimum Gasteiger partial charge on any atom is -0.457 e. The van der Waals surface area contributed by atoms with Crippen molar-refractivity contribution < 1.29 is 35.0 Å². The second kappa shape index (κ2) is 9.78. The summed E-state index contributed by atoms with van der Waals surface area (Å²) in [4.78, 5) is 0. The summed E-state index contributed by atoms with van der Waals surface area (Å²) in [6.45, 7) is 12.6. The van der Waals surface area contributed by atoms with E-state index in [0.717, 1.165) is 0 Å². The van der Waals surface area contributed by atoms with Crippen molar-refractivity contribution in [3.63, 3.8) is 0 Å². The molecular weight excluding hydrogens is 278 g/mol. The number of rotatable bonds is 4. The second-order valence-corrected chi connectivity index (χ2v) is 6.70. The Bertz CT molecular complexity index is 196. The third-order valence-electron chi connectivity index (χ3n) is 3.18. The van der Waals surface area contributed by atoms with Crippen LogP contribution in [0.2, 0.25) is 0 Å². The molecule has 0 atom stereocenters. The molecule has 0 aliphatic carbocycles. The van der Waals surface area contributed by atoms with Gasteiger partial charge in [0.15, 0.2) is 0 Å². The smallest absolute Gasteiger partial charge is 0.421 e. The molecule has 0 aromatic carbocycles. The lowest BCUT2D eigenvalue weighted by Gasteiger charge is -2.31. The molecule has 0 aliphatic heterocycles. The van der Waals surface area contributed by atoms with E-state index in [0.29, 0.717) is 0 Å². The highest BCUT2D eigenvalue weighted by molar-refractivity contribution is 6.32. The summed E-state index contributed by atoms with van der Waals surface area (Å²) in [7, 11) is -0.812. The van der Waals surface area contributed by atoms with Crippen LogP contribution in [0.3, 0.4) is 0 Å². The van der Waals surface area contributed by atoms with Crippen molar-refractivity contribution >= 4 is 15.4 Å². The van der Waals surface area contributed by atoms with Crippen LogP contribution >= 0.6 is 0 Å². The topological polar surface area (TPSA) is 131 Å². The summed E-state index contributed by atoms with van der Waals surface area (Å²) in [5.41, 5.74) is -4.03. The molecule has 0 radical (unpaired) electrons. The van der Waals surface area contributed by atoms with Crippen LogP contribution in [-0.4, -0.2) is 68.2 Å². The molecule has 0 aromatic heterocycles. The molecule has 0 fully saturated rings. The van der Waals surface area contributed by atoms with Crippen LogP contribution in [0.1, 0.15) is 55.4 Å². The highest BCUT2D eigenvalue weighted by Crippen LogP contribution is 2.19. The summed E-state index contributed by atoms with van der Waals surface area (Å²) >= 11 is 0. The van der Waals surface area contributed by atoms with Crippen molar-refractivity contribution in [1.82, 2.24) is 0 Å². The monoisotopic (exact) mass is 310 g/mol. The quantitative estimate of drug-likeness (QED) is 0.351. The number of hydrogen-bond acceptors (Lipinski definition) is 7. The maximum atomic E-state index is 9.10. The molecule has 6 N–H and O–H groups in total. The Morgan fingerprint density at radius 2 is 0.667 bits per heavy atom. The Morgan fingerprint density at radius 3 is 0.667 bits per heavy atom. The van der Waals surface area contributed by atoms with Gasteiger partial charge < -0.3 is 35.0 Å². The predicted octanol–water partition coefficient (Wildman–Crippen LogP) is -1.42. The zero-order chi connectivity index (χ0) is 18.1. The normalized spacial score (nSPS) is 12.5. The minimum absolute atomic E-state index is 0.406. The SMILES string of the molecule is CC(C)(O)C(C)(C)O.CC(C)(O)C(C)(C)O.OBOBO. The van der Waals surface area contributed by atoms with Gasteiger partial charge in [-0.3, -0.25) is 0 Å². The van der Waals surface area contributed by atoms with E-state index in [2.05, 4.69) is 4.57 Å². The first kappa shape index (κ1) is 25.8. The maximum Gasteiger partial charge on any atom is 0.421 e. The van der Waals surface area contributed by atoms with E-state index in [1.54, 1.807) is 55.4 Å². The zero-order valence-electron chi connectivity index (χ0n) is 14.5. The summed E-state index contributed by atoms with van der Waals surface area (Å²) < 4.78 is 3.94. The van der Waals surface area contributed by atoms with Gasteiger partial charge in [-0.2, -0.15) is 0 Å². The molecule has 7 nitrogen and oxygen atoms in total. The molecule has 0 rings (SSSR count). The van der Waals surface area contributed by atoms with Crippen LogP contribution in [0.5, 0.6) is 0 Å². The highest BCUT2D eigenvalue weighted by atomic mass is 16.5. The lowest BCUT2D eigenvalue weighted by molar-refractivity contribution is -0.107. The van der Waals surface area contributed by atoms with Gasteiger partial charge >= 0.3 is 15.4 Å². The van der Waals surface area contributed by atoms with E-state index in [4.69, 9.17) is 30.5 Å². The van der Waals surface area contributed by atoms with E-state index in [-0.39, 0.29) is 0 Å². The third-order valence-corrected chi connectivity index (χ3v) is 3.18. The predicted molar refractivity (Wildman–Crippen MR) is 85.0 cm³/mol. The van der Waals surface area contributed by atoms with Gasteiger partial charge in [-0.25, -0.2) is 0 Å². The lowest BCUT2D eigenvalue weighted by atomic mass is 9.90. The molecule has 0 unspecified atom stereocenters. The van der Waals surface area contributed by atoms with Crippen molar-refractivity contribution in [1.29, 1.82) is 0 Å². The van der Waals surface area contributed by atoms with Gasteiger partial charge in [0.05, 0.1) is 22.4 Å². The first-order chi connectivity index (χ1) is 8.91. The molecule has 9 heteroatoms. The Kier molecular flexibility index (Phi) is 12.0. The van der Waals surface area contributed by atoms with Gasteiger partial charge in [-0.05, 0) is 55.4 Å². The second-order valence-electron chi connectivity index (χ2n) is 6.70. The molecule has 0 saturated carbocycles. The Morgan fingerprint density at radius 1 is 0.524 bits per heavy atom. The Hall–Kier alpha value is -0.150. The van der Waals surface area contributed by atoms with Crippen LogP contribution in [0.25, 0.3) is 0 Å². The van der Waals surface area contributed by atoms with Gasteiger partial charge in [0.25, 0.3) is 0 Å². The average Bonchev–Trinajstić information content (AvgIpc) is 2.13. The van der Waals surface area contributed by atoms with Gasteiger partial charge in [0, 0.05) is 0 Å². The van der Waals surface area contributed by atoms with Crippen LogP contribution in [-0.2, 0) is 4.57 Å². The maximum absolute atomic E-state index is 9.10. The summed E-state index contributed by atoms with van der Waals surface area (Å²) in [5.74, 6) is 0. The van der Waals surface area contributed by atoms with E-state index >= 15 is 0 Å². The fraction of sp³-hybridized carbons (Fsp3) is 1.00. The van der Waals surface area contributed by atoms with Gasteiger partial charge in [-0.1, -0.05) is 0 Å². The molecule has 128 valence electrons. The van der Waals surface area contributed by atoms with Crippen LogP contribution in [0, 0.1) is 0 Å². The third kappa shape index (κ3) is 16.1. The first-order valence-corrected chi connectivity index (χ1v) is 6.60. The fourth-order valence-corrected chi connectivity index (χ4v) is 0.0408. The lowest BCUT2D eigenvalue weighted by Crippen LogP contribution is -2.44. The fourth-order valence-electron chi connectivity index (χ4n) is 0.0408. The number of hydrogen-bond donors (Lipinski definition) is 6. The van der Waals surface area contributed by atoms with Crippen LogP contribution in [0.15, 0.2) is 0 Å². The van der Waals surface area contributed by atoms with Crippen LogP contribution < -0.4 is 0 Å². The molecule has 0 bridgehead atoms. The van der Waals surface area contributed by atoms with E-state index < -0.39 is 37.8 Å². The highest BCUT2D eigenvalue weighted by Gasteiger charge is 2.32. The Labute approximate surface area is 129 Å². The average molecular weight is 310 g/mol. The van der Waals surface area contributed by atoms with Crippen LogP contribution in [0.4, 0.5) is 0 Å². The van der Waals surface area contributed by atoms with E-state index in [9.17, 15) is 0 Å². The van der Waals surface area contributed by atoms with E-state index in [1.165, 1.54) is 0 Å². The molecule has 0 heterocycles.